The highest BCUT2D eigenvalue weighted by atomic mass is 16.2. The molecule has 0 aliphatic carbocycles. The van der Waals surface area contributed by atoms with Crippen LogP contribution in [0.5, 0.6) is 0 Å². The molecule has 1 N–H and O–H groups in total. The number of rotatable bonds is 4. The number of hydrogen-bond donors (Lipinski definition) is 1. The zero-order chi connectivity index (χ0) is 18.4. The number of anilines is 1. The minimum atomic E-state index is -0.517. The quantitative estimate of drug-likeness (QED) is 0.902. The summed E-state index contributed by atoms with van der Waals surface area (Å²) in [6.45, 7) is 4.19. The molecule has 7 nitrogen and oxygen atoms in total. The topological polar surface area (TPSA) is 68.2 Å². The number of nitrogens with zero attached hydrogens (tertiary/aromatic N) is 4. The Labute approximate surface area is 153 Å². The van der Waals surface area contributed by atoms with E-state index in [9.17, 15) is 9.59 Å². The van der Waals surface area contributed by atoms with E-state index in [1.54, 1.807) is 7.05 Å². The van der Waals surface area contributed by atoms with Crippen molar-refractivity contribution >= 4 is 23.6 Å². The van der Waals surface area contributed by atoms with E-state index in [0.717, 1.165) is 17.8 Å². The first kappa shape index (κ1) is 16.6. The van der Waals surface area contributed by atoms with Crippen LogP contribution in [0.1, 0.15) is 32.3 Å². The Morgan fingerprint density at radius 2 is 1.92 bits per heavy atom. The minimum absolute atomic E-state index is 0.308. The number of carbonyl (C=O) groups is 2. The molecule has 2 unspecified atom stereocenters. The molecule has 0 bridgehead atoms. The average molecular weight is 353 g/mol. The van der Waals surface area contributed by atoms with Crippen LogP contribution in [-0.2, 0) is 11.2 Å². The first-order valence-corrected chi connectivity index (χ1v) is 9.02. The number of benzene rings is 1. The highest BCUT2D eigenvalue weighted by molar-refractivity contribution is 6.09. The Kier molecular flexibility index (Phi) is 3.94. The number of aryl methyl sites for hydroxylation is 1. The molecule has 1 aromatic carbocycles. The number of fused-ring (bicyclic) bond motifs is 3. The van der Waals surface area contributed by atoms with Crippen molar-refractivity contribution < 1.29 is 9.59 Å². The van der Waals surface area contributed by atoms with E-state index in [2.05, 4.69) is 36.5 Å². The molecule has 1 fully saturated rings. The molecule has 4 rings (SSSR count). The molecule has 0 saturated carbocycles. The number of amides is 3. The van der Waals surface area contributed by atoms with Gasteiger partial charge < -0.3 is 9.80 Å². The number of guanidine groups is 1. The summed E-state index contributed by atoms with van der Waals surface area (Å²) in [7, 11) is 1.66. The van der Waals surface area contributed by atoms with E-state index in [1.807, 2.05) is 22.9 Å². The number of carbonyl (C=O) groups excluding carboxylic acids is 2. The molecule has 3 amide bonds. The van der Waals surface area contributed by atoms with Crippen LogP contribution in [-0.4, -0.2) is 47.0 Å². The molecule has 26 heavy (non-hydrogen) atoms. The lowest BCUT2D eigenvalue weighted by Gasteiger charge is -2.34. The van der Waals surface area contributed by atoms with Crippen molar-refractivity contribution in [3.05, 3.63) is 41.7 Å². The van der Waals surface area contributed by atoms with Gasteiger partial charge in [0.05, 0.1) is 0 Å². The van der Waals surface area contributed by atoms with Crippen LogP contribution in [0.3, 0.4) is 0 Å². The monoisotopic (exact) mass is 353 g/mol. The molecule has 3 aliphatic rings. The van der Waals surface area contributed by atoms with Gasteiger partial charge in [0.25, 0.3) is 5.91 Å². The lowest BCUT2D eigenvalue weighted by atomic mass is 10.1. The summed E-state index contributed by atoms with van der Waals surface area (Å²) in [5.41, 5.74) is 3.32. The smallest absolute Gasteiger partial charge is 0.303 e. The summed E-state index contributed by atoms with van der Waals surface area (Å²) in [5, 5.41) is 2.39. The fourth-order valence-electron chi connectivity index (χ4n) is 3.71. The van der Waals surface area contributed by atoms with Crippen molar-refractivity contribution in [3.63, 3.8) is 0 Å². The maximum absolute atomic E-state index is 12.3. The zero-order valence-corrected chi connectivity index (χ0v) is 15.3. The molecule has 3 aliphatic heterocycles. The van der Waals surface area contributed by atoms with Gasteiger partial charge in [0.1, 0.15) is 0 Å². The van der Waals surface area contributed by atoms with Gasteiger partial charge in [-0.15, -0.1) is 0 Å². The van der Waals surface area contributed by atoms with Crippen molar-refractivity contribution in [3.8, 4) is 0 Å². The van der Waals surface area contributed by atoms with E-state index in [-0.39, 0.29) is 5.91 Å². The predicted octanol–water partition coefficient (Wildman–Crippen LogP) is 2.26. The largest absolute Gasteiger partial charge is 0.325 e. The van der Waals surface area contributed by atoms with Crippen molar-refractivity contribution in [2.45, 2.75) is 45.3 Å². The lowest BCUT2D eigenvalue weighted by Crippen LogP contribution is -2.62. The van der Waals surface area contributed by atoms with Crippen molar-refractivity contribution in [2.75, 3.05) is 11.9 Å². The van der Waals surface area contributed by atoms with Crippen molar-refractivity contribution in [1.82, 2.24) is 15.1 Å². The van der Waals surface area contributed by atoms with Crippen molar-refractivity contribution in [2.24, 2.45) is 4.99 Å². The van der Waals surface area contributed by atoms with Gasteiger partial charge >= 0.3 is 6.03 Å². The third-order valence-electron chi connectivity index (χ3n) is 5.17. The Bertz CT molecular complexity index is 814. The van der Waals surface area contributed by atoms with E-state index in [1.165, 1.54) is 23.3 Å². The number of imide groups is 1. The second kappa shape index (κ2) is 6.16. The summed E-state index contributed by atoms with van der Waals surface area (Å²) in [6.07, 6.45) is 4.87. The van der Waals surface area contributed by atoms with Crippen molar-refractivity contribution in [1.29, 1.82) is 0 Å². The Balaban J connectivity index is 1.64. The van der Waals surface area contributed by atoms with Gasteiger partial charge in [0.2, 0.25) is 5.96 Å². The number of urea groups is 1. The van der Waals surface area contributed by atoms with E-state index < -0.39 is 18.2 Å². The Hall–Kier alpha value is -2.83. The SMILES string of the molecule is CCCCc1ccc(N2C(C)=CN3C2=NC2C3C(=O)NC(=O)N2C)cc1. The molecular weight excluding hydrogens is 330 g/mol. The molecule has 0 aromatic heterocycles. The maximum Gasteiger partial charge on any atom is 0.325 e. The van der Waals surface area contributed by atoms with Crippen LogP contribution >= 0.6 is 0 Å². The van der Waals surface area contributed by atoms with Gasteiger partial charge in [-0.05, 0) is 37.5 Å². The normalized spacial score (nSPS) is 24.3. The van der Waals surface area contributed by atoms with E-state index >= 15 is 0 Å². The summed E-state index contributed by atoms with van der Waals surface area (Å²) in [5.74, 6) is 0.383. The van der Waals surface area contributed by atoms with Crippen LogP contribution in [0.2, 0.25) is 0 Å². The number of hydrogen-bond acceptors (Lipinski definition) is 5. The number of aliphatic imine (C=N–C) groups is 1. The predicted molar refractivity (Wildman–Crippen MR) is 99.4 cm³/mol. The summed E-state index contributed by atoms with van der Waals surface area (Å²) >= 11 is 0. The lowest BCUT2D eigenvalue weighted by molar-refractivity contribution is -0.126. The molecule has 1 saturated heterocycles. The Morgan fingerprint density at radius 3 is 2.62 bits per heavy atom. The molecule has 0 radical (unpaired) electrons. The third kappa shape index (κ3) is 2.46. The standard InChI is InChI=1S/C19H23N5O2/c1-4-5-6-13-7-9-14(10-8-13)24-12(2)11-23-15-16(20-18(23)24)22(3)19(26)21-17(15)25/h7-11,15-16H,4-6H2,1-3H3,(H,21,25,26). The van der Waals surface area contributed by atoms with Crippen LogP contribution in [0, 0.1) is 0 Å². The van der Waals surface area contributed by atoms with Crippen LogP contribution in [0.4, 0.5) is 10.5 Å². The van der Waals surface area contributed by atoms with Gasteiger partial charge in [-0.1, -0.05) is 25.5 Å². The van der Waals surface area contributed by atoms with Gasteiger partial charge in [-0.3, -0.25) is 15.0 Å². The molecule has 0 spiro atoms. The van der Waals surface area contributed by atoms with Crippen LogP contribution in [0.25, 0.3) is 0 Å². The number of nitrogens with one attached hydrogen (secondary N) is 1. The van der Waals surface area contributed by atoms with Crippen LogP contribution < -0.4 is 10.2 Å². The zero-order valence-electron chi connectivity index (χ0n) is 15.3. The summed E-state index contributed by atoms with van der Waals surface area (Å²) in [4.78, 5) is 34.3. The highest BCUT2D eigenvalue weighted by Gasteiger charge is 2.51. The van der Waals surface area contributed by atoms with E-state index in [0.29, 0.717) is 5.96 Å². The summed E-state index contributed by atoms with van der Waals surface area (Å²) in [6, 6.07) is 7.54. The molecule has 2 atom stereocenters. The van der Waals surface area contributed by atoms with E-state index in [4.69, 9.17) is 4.99 Å². The third-order valence-corrected chi connectivity index (χ3v) is 5.17. The number of unbranched alkanes of at least 4 members (excludes halogenated alkanes) is 1. The van der Waals surface area contributed by atoms with Gasteiger partial charge in [0, 0.05) is 24.6 Å². The molecular formula is C19H23N5O2. The number of likely N-dealkylation sites (N-methyl/N-ethyl adjacent to an activating group) is 1. The Morgan fingerprint density at radius 1 is 1.19 bits per heavy atom. The minimum Gasteiger partial charge on any atom is -0.303 e. The fraction of sp³-hybridized carbons (Fsp3) is 0.421. The van der Waals surface area contributed by atoms with Gasteiger partial charge in [0.15, 0.2) is 12.2 Å². The summed E-state index contributed by atoms with van der Waals surface area (Å²) < 4.78 is 0. The maximum atomic E-state index is 12.3. The first-order chi connectivity index (χ1) is 12.5. The number of allylic oxidation sites excluding steroid dienone is 1. The fourth-order valence-corrected chi connectivity index (χ4v) is 3.71. The molecule has 1 aromatic rings. The first-order valence-electron chi connectivity index (χ1n) is 9.02. The second-order valence-electron chi connectivity index (χ2n) is 6.98. The van der Waals surface area contributed by atoms with Gasteiger partial charge in [-0.2, -0.15) is 0 Å². The second-order valence-corrected chi connectivity index (χ2v) is 6.98. The molecule has 3 heterocycles. The molecule has 7 heteroatoms. The van der Waals surface area contributed by atoms with Crippen LogP contribution in [0.15, 0.2) is 41.2 Å². The van der Waals surface area contributed by atoms with Gasteiger partial charge in [-0.25, -0.2) is 9.79 Å². The molecule has 136 valence electrons. The average Bonchev–Trinajstić information content (AvgIpc) is 3.13. The highest BCUT2D eigenvalue weighted by Crippen LogP contribution is 2.35.